The topological polar surface area (TPSA) is 41.0 Å². The van der Waals surface area contributed by atoms with E-state index < -0.39 is 5.82 Å². The van der Waals surface area contributed by atoms with Gasteiger partial charge in [0.05, 0.1) is 12.4 Å². The van der Waals surface area contributed by atoms with Crippen molar-refractivity contribution >= 4 is 5.95 Å². The standard InChI is InChI=1S/C12H19FN4/c1-10-2-5-17(6-3-10)7-4-14-12-15-8-11(13)9-16-12/h8-10H,2-7H2,1H3,(H,14,15,16). The minimum absolute atomic E-state index is 0.402. The fraction of sp³-hybridized carbons (Fsp3) is 0.667. The van der Waals surface area contributed by atoms with Crippen LogP contribution in [-0.4, -0.2) is 41.0 Å². The second-order valence-electron chi connectivity index (χ2n) is 4.68. The van der Waals surface area contributed by atoms with E-state index in [4.69, 9.17) is 0 Å². The number of nitrogens with one attached hydrogen (secondary N) is 1. The van der Waals surface area contributed by atoms with Crippen LogP contribution in [0.1, 0.15) is 19.8 Å². The van der Waals surface area contributed by atoms with Gasteiger partial charge in [0, 0.05) is 13.1 Å². The molecule has 1 saturated heterocycles. The van der Waals surface area contributed by atoms with E-state index in [2.05, 4.69) is 27.1 Å². The molecule has 4 nitrogen and oxygen atoms in total. The molecule has 5 heteroatoms. The quantitative estimate of drug-likeness (QED) is 0.867. The summed E-state index contributed by atoms with van der Waals surface area (Å²) in [6.07, 6.45) is 4.93. The zero-order chi connectivity index (χ0) is 12.1. The molecule has 1 aromatic rings. The largest absolute Gasteiger partial charge is 0.353 e. The molecule has 2 heterocycles. The lowest BCUT2D eigenvalue weighted by Crippen LogP contribution is -2.36. The van der Waals surface area contributed by atoms with E-state index in [1.165, 1.54) is 38.3 Å². The third-order valence-electron chi connectivity index (χ3n) is 3.21. The van der Waals surface area contributed by atoms with E-state index in [0.29, 0.717) is 5.95 Å². The summed E-state index contributed by atoms with van der Waals surface area (Å²) in [7, 11) is 0. The Morgan fingerprint density at radius 3 is 2.65 bits per heavy atom. The van der Waals surface area contributed by atoms with Crippen LogP contribution in [0.4, 0.5) is 10.3 Å². The number of anilines is 1. The van der Waals surface area contributed by atoms with Crippen molar-refractivity contribution in [1.82, 2.24) is 14.9 Å². The van der Waals surface area contributed by atoms with Crippen LogP contribution in [0.5, 0.6) is 0 Å². The van der Waals surface area contributed by atoms with Crippen LogP contribution >= 0.6 is 0 Å². The van der Waals surface area contributed by atoms with Crippen LogP contribution in [0, 0.1) is 11.7 Å². The molecule has 0 amide bonds. The number of hydrogen-bond acceptors (Lipinski definition) is 4. The molecule has 0 aromatic carbocycles. The van der Waals surface area contributed by atoms with Gasteiger partial charge in [-0.15, -0.1) is 0 Å². The monoisotopic (exact) mass is 238 g/mol. The van der Waals surface area contributed by atoms with Crippen molar-refractivity contribution in [1.29, 1.82) is 0 Å². The highest BCUT2D eigenvalue weighted by Crippen LogP contribution is 2.15. The molecule has 0 unspecified atom stereocenters. The van der Waals surface area contributed by atoms with Crippen molar-refractivity contribution in [2.75, 3.05) is 31.5 Å². The summed E-state index contributed by atoms with van der Waals surface area (Å²) in [5.41, 5.74) is 0. The molecule has 2 rings (SSSR count). The second-order valence-corrected chi connectivity index (χ2v) is 4.68. The molecule has 0 aliphatic carbocycles. The highest BCUT2D eigenvalue weighted by molar-refractivity contribution is 5.22. The van der Waals surface area contributed by atoms with Gasteiger partial charge in [0.15, 0.2) is 5.82 Å². The number of rotatable bonds is 4. The third-order valence-corrected chi connectivity index (χ3v) is 3.21. The number of nitrogens with zero attached hydrogens (tertiary/aromatic N) is 3. The summed E-state index contributed by atoms with van der Waals surface area (Å²) in [6, 6.07) is 0. The van der Waals surface area contributed by atoms with Crippen LogP contribution in [0.25, 0.3) is 0 Å². The zero-order valence-corrected chi connectivity index (χ0v) is 10.2. The lowest BCUT2D eigenvalue weighted by molar-refractivity contribution is 0.199. The Hall–Kier alpha value is -1.23. The maximum absolute atomic E-state index is 12.6. The molecule has 1 aromatic heterocycles. The molecule has 0 atom stereocenters. The first kappa shape index (κ1) is 12.2. The van der Waals surface area contributed by atoms with Gasteiger partial charge in [-0.05, 0) is 31.8 Å². The van der Waals surface area contributed by atoms with Gasteiger partial charge in [-0.25, -0.2) is 14.4 Å². The average Bonchev–Trinajstić information content (AvgIpc) is 2.34. The maximum Gasteiger partial charge on any atom is 0.222 e. The highest BCUT2D eigenvalue weighted by Gasteiger charge is 2.14. The van der Waals surface area contributed by atoms with E-state index in [1.807, 2.05) is 0 Å². The molecule has 1 aliphatic heterocycles. The van der Waals surface area contributed by atoms with Gasteiger partial charge in [0.25, 0.3) is 0 Å². The van der Waals surface area contributed by atoms with E-state index in [1.54, 1.807) is 0 Å². The summed E-state index contributed by atoms with van der Waals surface area (Å²) in [6.45, 7) is 6.45. The smallest absolute Gasteiger partial charge is 0.222 e. The third kappa shape index (κ3) is 3.93. The summed E-state index contributed by atoms with van der Waals surface area (Å²) < 4.78 is 12.6. The number of piperidine rings is 1. The molecular formula is C12H19FN4. The zero-order valence-electron chi connectivity index (χ0n) is 10.2. The van der Waals surface area contributed by atoms with Gasteiger partial charge in [0.2, 0.25) is 5.95 Å². The number of halogens is 1. The predicted octanol–water partition coefficient (Wildman–Crippen LogP) is 1.76. The van der Waals surface area contributed by atoms with Crippen LogP contribution in [0.15, 0.2) is 12.4 Å². The summed E-state index contributed by atoms with van der Waals surface area (Å²) >= 11 is 0. The van der Waals surface area contributed by atoms with Gasteiger partial charge >= 0.3 is 0 Å². The molecule has 0 saturated carbocycles. The highest BCUT2D eigenvalue weighted by atomic mass is 19.1. The SMILES string of the molecule is CC1CCN(CCNc2ncc(F)cn2)CC1. The second kappa shape index (κ2) is 5.91. The van der Waals surface area contributed by atoms with Crippen molar-refractivity contribution in [3.63, 3.8) is 0 Å². The van der Waals surface area contributed by atoms with E-state index in [-0.39, 0.29) is 0 Å². The fourth-order valence-electron chi connectivity index (χ4n) is 2.02. The van der Waals surface area contributed by atoms with Crippen LogP contribution < -0.4 is 5.32 Å². The van der Waals surface area contributed by atoms with Crippen molar-refractivity contribution < 1.29 is 4.39 Å². The Labute approximate surface area is 101 Å². The van der Waals surface area contributed by atoms with E-state index in [0.717, 1.165) is 19.0 Å². The van der Waals surface area contributed by atoms with Crippen LogP contribution in [0.3, 0.4) is 0 Å². The van der Waals surface area contributed by atoms with Gasteiger partial charge in [-0.2, -0.15) is 0 Å². The molecule has 1 N–H and O–H groups in total. The van der Waals surface area contributed by atoms with E-state index in [9.17, 15) is 4.39 Å². The Kier molecular flexibility index (Phi) is 4.25. The van der Waals surface area contributed by atoms with E-state index >= 15 is 0 Å². The van der Waals surface area contributed by atoms with Gasteiger partial charge < -0.3 is 10.2 Å². The number of hydrogen-bond donors (Lipinski definition) is 1. The first-order chi connectivity index (χ1) is 8.24. The molecule has 0 spiro atoms. The fourth-order valence-corrected chi connectivity index (χ4v) is 2.02. The average molecular weight is 238 g/mol. The normalized spacial score (nSPS) is 18.2. The summed E-state index contributed by atoms with van der Waals surface area (Å²) in [5.74, 6) is 0.956. The van der Waals surface area contributed by atoms with Crippen LogP contribution in [-0.2, 0) is 0 Å². The predicted molar refractivity (Wildman–Crippen MR) is 65.3 cm³/mol. The van der Waals surface area contributed by atoms with Crippen molar-refractivity contribution in [2.24, 2.45) is 5.92 Å². The molecule has 94 valence electrons. The number of likely N-dealkylation sites (tertiary alicyclic amines) is 1. The maximum atomic E-state index is 12.6. The summed E-state index contributed by atoms with van der Waals surface area (Å²) in [5, 5.41) is 3.10. The summed E-state index contributed by atoms with van der Waals surface area (Å²) in [4.78, 5) is 10.2. The molecule has 1 fully saturated rings. The van der Waals surface area contributed by atoms with Crippen molar-refractivity contribution in [3.8, 4) is 0 Å². The Balaban J connectivity index is 1.67. The molecule has 1 aliphatic rings. The van der Waals surface area contributed by atoms with Crippen molar-refractivity contribution in [2.45, 2.75) is 19.8 Å². The first-order valence-electron chi connectivity index (χ1n) is 6.18. The number of aromatic nitrogens is 2. The van der Waals surface area contributed by atoms with Gasteiger partial charge in [0.1, 0.15) is 0 Å². The van der Waals surface area contributed by atoms with Crippen LogP contribution in [0.2, 0.25) is 0 Å². The lowest BCUT2D eigenvalue weighted by atomic mass is 9.99. The Bertz CT molecular complexity index is 333. The van der Waals surface area contributed by atoms with Gasteiger partial charge in [-0.3, -0.25) is 0 Å². The molecular weight excluding hydrogens is 219 g/mol. The Morgan fingerprint density at radius 2 is 2.00 bits per heavy atom. The minimum Gasteiger partial charge on any atom is -0.353 e. The minimum atomic E-state index is -0.402. The molecule has 17 heavy (non-hydrogen) atoms. The van der Waals surface area contributed by atoms with Crippen molar-refractivity contribution in [3.05, 3.63) is 18.2 Å². The molecule has 0 radical (unpaired) electrons. The first-order valence-corrected chi connectivity index (χ1v) is 6.18. The Morgan fingerprint density at radius 1 is 1.35 bits per heavy atom. The van der Waals surface area contributed by atoms with Gasteiger partial charge in [-0.1, -0.05) is 6.92 Å². The molecule has 0 bridgehead atoms. The lowest BCUT2D eigenvalue weighted by Gasteiger charge is -2.30.